The summed E-state index contributed by atoms with van der Waals surface area (Å²) in [6, 6.07) is 18.4. The van der Waals surface area contributed by atoms with E-state index in [1.54, 1.807) is 7.11 Å². The van der Waals surface area contributed by atoms with Gasteiger partial charge < -0.3 is 9.47 Å². The van der Waals surface area contributed by atoms with Crippen molar-refractivity contribution in [3.63, 3.8) is 0 Å². The van der Waals surface area contributed by atoms with Crippen LogP contribution in [0.3, 0.4) is 0 Å². The van der Waals surface area contributed by atoms with Crippen molar-refractivity contribution in [1.29, 1.82) is 0 Å². The van der Waals surface area contributed by atoms with Gasteiger partial charge in [0.15, 0.2) is 0 Å². The number of aromatic nitrogens is 1. The molecule has 1 fully saturated rings. The minimum Gasteiger partial charge on any atom is -0.497 e. The van der Waals surface area contributed by atoms with Crippen LogP contribution in [0.15, 0.2) is 60.7 Å². The third-order valence-corrected chi connectivity index (χ3v) is 6.48. The van der Waals surface area contributed by atoms with Gasteiger partial charge in [0.05, 0.1) is 30.3 Å². The van der Waals surface area contributed by atoms with Crippen molar-refractivity contribution in [3.05, 3.63) is 77.5 Å². The summed E-state index contributed by atoms with van der Waals surface area (Å²) >= 11 is 0. The van der Waals surface area contributed by atoms with E-state index >= 15 is 0 Å². The van der Waals surface area contributed by atoms with Gasteiger partial charge in [-0.15, -0.1) is 0 Å². The highest BCUT2D eigenvalue weighted by atomic mass is 16.5. The Labute approximate surface area is 170 Å². The fourth-order valence-electron chi connectivity index (χ4n) is 4.78. The zero-order valence-electron chi connectivity index (χ0n) is 16.6. The largest absolute Gasteiger partial charge is 0.497 e. The lowest BCUT2D eigenvalue weighted by molar-refractivity contribution is -0.146. The predicted octanol–water partition coefficient (Wildman–Crippen LogP) is 4.78. The van der Waals surface area contributed by atoms with Crippen LogP contribution < -0.4 is 4.74 Å². The summed E-state index contributed by atoms with van der Waals surface area (Å²) in [7, 11) is 1.67. The van der Waals surface area contributed by atoms with E-state index in [-0.39, 0.29) is 17.8 Å². The number of rotatable bonds is 3. The van der Waals surface area contributed by atoms with E-state index in [0.29, 0.717) is 6.61 Å². The monoisotopic (exact) mass is 385 g/mol. The van der Waals surface area contributed by atoms with E-state index < -0.39 is 5.41 Å². The lowest BCUT2D eigenvalue weighted by atomic mass is 9.62. The molecule has 3 atom stereocenters. The molecule has 2 unspecified atom stereocenters. The number of methoxy groups -OCH3 is 1. The Hall–Kier alpha value is -3.14. The van der Waals surface area contributed by atoms with Crippen molar-refractivity contribution in [1.82, 2.24) is 4.98 Å². The molecule has 0 spiro atoms. The van der Waals surface area contributed by atoms with Crippen molar-refractivity contribution in [2.24, 2.45) is 11.3 Å². The molecule has 0 bridgehead atoms. The second-order valence-electron chi connectivity index (χ2n) is 8.18. The molecule has 5 rings (SSSR count). The smallest absolute Gasteiger partial charge is 0.312 e. The van der Waals surface area contributed by atoms with E-state index in [1.165, 1.54) is 11.1 Å². The van der Waals surface area contributed by atoms with Gasteiger partial charge in [-0.25, -0.2) is 4.98 Å². The third kappa shape index (κ3) is 2.91. The lowest BCUT2D eigenvalue weighted by Gasteiger charge is -2.38. The zero-order valence-corrected chi connectivity index (χ0v) is 16.6. The first-order valence-corrected chi connectivity index (χ1v) is 9.96. The van der Waals surface area contributed by atoms with Crippen LogP contribution in [0.1, 0.15) is 29.7 Å². The Morgan fingerprint density at radius 1 is 1.17 bits per heavy atom. The number of pyridine rings is 1. The molecule has 1 aromatic heterocycles. The normalized spacial score (nSPS) is 25.7. The molecule has 29 heavy (non-hydrogen) atoms. The summed E-state index contributed by atoms with van der Waals surface area (Å²) in [5.41, 5.74) is 3.89. The highest BCUT2D eigenvalue weighted by Gasteiger charge is 2.54. The Morgan fingerprint density at radius 3 is 2.90 bits per heavy atom. The van der Waals surface area contributed by atoms with Gasteiger partial charge in [0.2, 0.25) is 0 Å². The topological polar surface area (TPSA) is 48.4 Å². The van der Waals surface area contributed by atoms with Gasteiger partial charge in [0.25, 0.3) is 0 Å². The van der Waals surface area contributed by atoms with Gasteiger partial charge >= 0.3 is 5.97 Å². The Bertz CT molecular complexity index is 1140. The summed E-state index contributed by atoms with van der Waals surface area (Å²) in [6.45, 7) is 2.52. The molecule has 0 saturated carbocycles. The predicted molar refractivity (Wildman–Crippen MR) is 113 cm³/mol. The van der Waals surface area contributed by atoms with Crippen LogP contribution in [0.5, 0.6) is 5.75 Å². The van der Waals surface area contributed by atoms with Gasteiger partial charge in [0.1, 0.15) is 5.75 Å². The molecule has 146 valence electrons. The number of carbonyl (C=O) groups is 1. The van der Waals surface area contributed by atoms with E-state index in [2.05, 4.69) is 36.4 Å². The van der Waals surface area contributed by atoms with Crippen LogP contribution in [0, 0.1) is 11.3 Å². The maximum Gasteiger partial charge on any atom is 0.312 e. The second kappa shape index (κ2) is 6.73. The van der Waals surface area contributed by atoms with Crippen molar-refractivity contribution in [3.8, 4) is 5.75 Å². The van der Waals surface area contributed by atoms with Crippen LogP contribution >= 0.6 is 0 Å². The summed E-state index contributed by atoms with van der Waals surface area (Å²) < 4.78 is 10.8. The number of ether oxygens (including phenoxy) is 2. The fraction of sp³-hybridized carbons (Fsp3) is 0.280. The maximum absolute atomic E-state index is 12.5. The molecule has 1 aliphatic heterocycles. The Balaban J connectivity index is 1.52. The summed E-state index contributed by atoms with van der Waals surface area (Å²) in [4.78, 5) is 17.3. The van der Waals surface area contributed by atoms with Crippen molar-refractivity contribution in [2.45, 2.75) is 19.3 Å². The van der Waals surface area contributed by atoms with E-state index in [1.807, 2.05) is 37.3 Å². The summed E-state index contributed by atoms with van der Waals surface area (Å²) in [5, 5.41) is 1.05. The first-order valence-electron chi connectivity index (χ1n) is 9.96. The molecule has 4 heteroatoms. The standard InChI is InChI=1S/C25H23NO3/c1-25-14-17-5-3-4-6-20(17)21(22(25)15-29-24(25)27)11-9-18-8-7-16-13-19(28-2)10-12-23(16)26-18/h3-13,21-22H,14-15H2,1-2H3/b11-9+/t21-,22?,25?/m0/s1. The van der Waals surface area contributed by atoms with Gasteiger partial charge in [0, 0.05) is 17.2 Å². The van der Waals surface area contributed by atoms with Crippen molar-refractivity contribution < 1.29 is 14.3 Å². The molecule has 1 saturated heterocycles. The molecule has 2 heterocycles. The van der Waals surface area contributed by atoms with Gasteiger partial charge in [-0.3, -0.25) is 4.79 Å². The van der Waals surface area contributed by atoms with Crippen LogP contribution in [0.4, 0.5) is 0 Å². The third-order valence-electron chi connectivity index (χ3n) is 6.48. The molecular formula is C25H23NO3. The van der Waals surface area contributed by atoms with E-state index in [4.69, 9.17) is 14.5 Å². The number of nitrogens with zero attached hydrogens (tertiary/aromatic N) is 1. The molecule has 1 aliphatic carbocycles. The average Bonchev–Trinajstić information content (AvgIpc) is 3.04. The highest BCUT2D eigenvalue weighted by Crippen LogP contribution is 2.51. The number of fused-ring (bicyclic) bond motifs is 3. The van der Waals surface area contributed by atoms with Crippen LogP contribution in [-0.2, 0) is 16.0 Å². The van der Waals surface area contributed by atoms with Crippen molar-refractivity contribution >= 4 is 22.9 Å². The lowest BCUT2D eigenvalue weighted by Crippen LogP contribution is -2.39. The van der Waals surface area contributed by atoms with Crippen molar-refractivity contribution in [2.75, 3.05) is 13.7 Å². The average molecular weight is 385 g/mol. The van der Waals surface area contributed by atoms with Crippen LogP contribution in [0.25, 0.3) is 17.0 Å². The quantitative estimate of drug-likeness (QED) is 0.609. The molecule has 0 radical (unpaired) electrons. The zero-order chi connectivity index (χ0) is 20.0. The number of esters is 1. The number of cyclic esters (lactones) is 1. The van der Waals surface area contributed by atoms with Crippen LogP contribution in [-0.4, -0.2) is 24.7 Å². The number of carbonyl (C=O) groups excluding carboxylic acids is 1. The van der Waals surface area contributed by atoms with Gasteiger partial charge in [-0.1, -0.05) is 36.4 Å². The molecule has 2 aromatic carbocycles. The van der Waals surface area contributed by atoms with Gasteiger partial charge in [-0.05, 0) is 54.8 Å². The molecule has 4 nitrogen and oxygen atoms in total. The molecule has 3 aromatic rings. The van der Waals surface area contributed by atoms with Gasteiger partial charge in [-0.2, -0.15) is 0 Å². The fourth-order valence-corrected chi connectivity index (χ4v) is 4.78. The minimum absolute atomic E-state index is 0.0758. The maximum atomic E-state index is 12.5. The second-order valence-corrected chi connectivity index (χ2v) is 8.18. The van der Waals surface area contributed by atoms with E-state index in [9.17, 15) is 4.79 Å². The minimum atomic E-state index is -0.462. The Kier molecular flexibility index (Phi) is 4.16. The SMILES string of the molecule is COc1ccc2nc(/C=C/[C@H]3c4ccccc4CC4(C)C(=O)OCC34)ccc2c1. The summed E-state index contributed by atoms with van der Waals surface area (Å²) in [6.07, 6.45) is 5.01. The number of hydrogen-bond acceptors (Lipinski definition) is 4. The number of benzene rings is 2. The van der Waals surface area contributed by atoms with E-state index in [0.717, 1.165) is 28.8 Å². The molecular weight excluding hydrogens is 362 g/mol. The molecule has 0 N–H and O–H groups in total. The van der Waals surface area contributed by atoms with Crippen LogP contribution in [0.2, 0.25) is 0 Å². The number of allylic oxidation sites excluding steroid dienone is 1. The Morgan fingerprint density at radius 2 is 2.03 bits per heavy atom. The first-order chi connectivity index (χ1) is 14.1. The molecule has 0 amide bonds. The first kappa shape index (κ1) is 17.9. The highest BCUT2D eigenvalue weighted by molar-refractivity contribution is 5.82. The molecule has 2 aliphatic rings. The summed E-state index contributed by atoms with van der Waals surface area (Å²) in [5.74, 6) is 1.02. The number of hydrogen-bond donors (Lipinski definition) is 0.